The van der Waals surface area contributed by atoms with Gasteiger partial charge < -0.3 is 14.6 Å². The van der Waals surface area contributed by atoms with Crippen molar-refractivity contribution in [1.29, 1.82) is 0 Å². The van der Waals surface area contributed by atoms with Crippen LogP contribution in [0.1, 0.15) is 6.42 Å². The van der Waals surface area contributed by atoms with Crippen LogP contribution in [0.15, 0.2) is 23.2 Å². The Morgan fingerprint density at radius 2 is 2.13 bits per heavy atom. The van der Waals surface area contributed by atoms with Crippen molar-refractivity contribution in [2.75, 3.05) is 20.8 Å². The Hall–Kier alpha value is -1.62. The zero-order chi connectivity index (χ0) is 11.4. The van der Waals surface area contributed by atoms with E-state index < -0.39 is 12.4 Å². The standard InChI is InChI=1S/C10H12O5/c1-14-8-3-6(12)4-9(15-2)10(8)7(13)5-11/h3,11H,4-5H2,1-2H3. The molecule has 0 saturated carbocycles. The highest BCUT2D eigenvalue weighted by Crippen LogP contribution is 2.25. The fourth-order valence-corrected chi connectivity index (χ4v) is 1.36. The molecule has 82 valence electrons. The van der Waals surface area contributed by atoms with Gasteiger partial charge >= 0.3 is 0 Å². The molecule has 0 aromatic heterocycles. The first-order chi connectivity index (χ1) is 7.13. The number of carbonyl (C=O) groups is 2. The largest absolute Gasteiger partial charge is 0.500 e. The van der Waals surface area contributed by atoms with E-state index in [0.717, 1.165) is 0 Å². The van der Waals surface area contributed by atoms with Crippen LogP contribution in [0.2, 0.25) is 0 Å². The predicted molar refractivity (Wildman–Crippen MR) is 50.8 cm³/mol. The van der Waals surface area contributed by atoms with Crippen LogP contribution in [0.25, 0.3) is 0 Å². The van der Waals surface area contributed by atoms with E-state index in [1.165, 1.54) is 20.3 Å². The molecule has 5 heteroatoms. The van der Waals surface area contributed by atoms with Crippen molar-refractivity contribution in [1.82, 2.24) is 0 Å². The van der Waals surface area contributed by atoms with Gasteiger partial charge in [-0.15, -0.1) is 0 Å². The minimum atomic E-state index is -0.642. The SMILES string of the molecule is COC1=CC(=O)CC(OC)=C1C(=O)CO. The molecule has 0 aromatic rings. The number of rotatable bonds is 4. The summed E-state index contributed by atoms with van der Waals surface area (Å²) in [4.78, 5) is 22.6. The van der Waals surface area contributed by atoms with E-state index >= 15 is 0 Å². The van der Waals surface area contributed by atoms with Gasteiger partial charge in [0.05, 0.1) is 20.6 Å². The van der Waals surface area contributed by atoms with Crippen LogP contribution in [-0.4, -0.2) is 37.5 Å². The van der Waals surface area contributed by atoms with E-state index in [1.54, 1.807) is 0 Å². The molecule has 0 amide bonds. The quantitative estimate of drug-likeness (QED) is 0.707. The molecular formula is C10H12O5. The van der Waals surface area contributed by atoms with Crippen molar-refractivity contribution in [2.24, 2.45) is 0 Å². The molecule has 0 atom stereocenters. The number of hydrogen-bond donors (Lipinski definition) is 1. The summed E-state index contributed by atoms with van der Waals surface area (Å²) in [6, 6.07) is 0. The fraction of sp³-hybridized carbons (Fsp3) is 0.400. The Kier molecular flexibility index (Phi) is 3.62. The molecule has 0 heterocycles. The third kappa shape index (κ3) is 2.24. The number of methoxy groups -OCH3 is 2. The van der Waals surface area contributed by atoms with Gasteiger partial charge in [0.25, 0.3) is 0 Å². The second-order valence-corrected chi connectivity index (χ2v) is 2.94. The summed E-state index contributed by atoms with van der Waals surface area (Å²) >= 11 is 0. The van der Waals surface area contributed by atoms with Gasteiger partial charge in [0, 0.05) is 6.08 Å². The van der Waals surface area contributed by atoms with E-state index in [9.17, 15) is 9.59 Å². The molecule has 0 spiro atoms. The average molecular weight is 212 g/mol. The molecule has 1 aliphatic rings. The summed E-state index contributed by atoms with van der Waals surface area (Å²) in [7, 11) is 2.72. The zero-order valence-corrected chi connectivity index (χ0v) is 8.57. The number of allylic oxidation sites excluding steroid dienone is 3. The van der Waals surface area contributed by atoms with Crippen molar-refractivity contribution in [3.8, 4) is 0 Å². The summed E-state index contributed by atoms with van der Waals surface area (Å²) in [5, 5.41) is 8.77. The first-order valence-corrected chi connectivity index (χ1v) is 4.34. The molecule has 0 unspecified atom stereocenters. The fourth-order valence-electron chi connectivity index (χ4n) is 1.36. The predicted octanol–water partition coefficient (Wildman–Crippen LogP) is -0.0486. The van der Waals surface area contributed by atoms with Gasteiger partial charge in [0.2, 0.25) is 0 Å². The second-order valence-electron chi connectivity index (χ2n) is 2.94. The first kappa shape index (κ1) is 11.5. The highest BCUT2D eigenvalue weighted by molar-refractivity contribution is 6.05. The molecule has 1 rings (SSSR count). The molecule has 1 aliphatic carbocycles. The molecule has 5 nitrogen and oxygen atoms in total. The lowest BCUT2D eigenvalue weighted by Crippen LogP contribution is -2.19. The van der Waals surface area contributed by atoms with Gasteiger partial charge in [-0.2, -0.15) is 0 Å². The van der Waals surface area contributed by atoms with Crippen LogP contribution in [0.3, 0.4) is 0 Å². The smallest absolute Gasteiger partial charge is 0.195 e. The van der Waals surface area contributed by atoms with Crippen molar-refractivity contribution in [2.45, 2.75) is 6.42 Å². The van der Waals surface area contributed by atoms with Crippen LogP contribution in [-0.2, 0) is 19.1 Å². The van der Waals surface area contributed by atoms with Gasteiger partial charge in [-0.25, -0.2) is 0 Å². The normalized spacial score (nSPS) is 16.2. The molecule has 0 aromatic carbocycles. The van der Waals surface area contributed by atoms with Crippen molar-refractivity contribution < 1.29 is 24.2 Å². The Balaban J connectivity index is 3.18. The minimum Gasteiger partial charge on any atom is -0.500 e. The van der Waals surface area contributed by atoms with E-state index in [1.807, 2.05) is 0 Å². The van der Waals surface area contributed by atoms with Gasteiger partial charge in [-0.1, -0.05) is 0 Å². The van der Waals surface area contributed by atoms with Crippen LogP contribution in [0.4, 0.5) is 0 Å². The third-order valence-corrected chi connectivity index (χ3v) is 2.04. The molecule has 0 aliphatic heterocycles. The summed E-state index contributed by atoms with van der Waals surface area (Å²) in [5.41, 5.74) is 0.141. The van der Waals surface area contributed by atoms with E-state index in [-0.39, 0.29) is 29.3 Å². The first-order valence-electron chi connectivity index (χ1n) is 4.34. The van der Waals surface area contributed by atoms with Gasteiger partial charge in [0.1, 0.15) is 23.7 Å². The minimum absolute atomic E-state index is 0.0183. The topological polar surface area (TPSA) is 72.8 Å². The van der Waals surface area contributed by atoms with Gasteiger partial charge in [-0.3, -0.25) is 9.59 Å². The average Bonchev–Trinajstić information content (AvgIpc) is 2.26. The molecule has 0 radical (unpaired) electrons. The lowest BCUT2D eigenvalue weighted by Gasteiger charge is -2.17. The Labute approximate surface area is 87.0 Å². The molecular weight excluding hydrogens is 200 g/mol. The number of hydrogen-bond acceptors (Lipinski definition) is 5. The number of aliphatic hydroxyl groups is 1. The van der Waals surface area contributed by atoms with Crippen molar-refractivity contribution in [3.05, 3.63) is 23.2 Å². The Morgan fingerprint density at radius 1 is 1.47 bits per heavy atom. The van der Waals surface area contributed by atoms with Crippen molar-refractivity contribution >= 4 is 11.6 Å². The summed E-state index contributed by atoms with van der Waals surface area (Å²) < 4.78 is 9.83. The van der Waals surface area contributed by atoms with E-state index in [0.29, 0.717) is 0 Å². The molecule has 0 saturated heterocycles. The van der Waals surface area contributed by atoms with E-state index in [4.69, 9.17) is 14.6 Å². The maximum Gasteiger partial charge on any atom is 0.195 e. The molecule has 1 N–H and O–H groups in total. The highest BCUT2D eigenvalue weighted by Gasteiger charge is 2.26. The number of aliphatic hydroxyl groups excluding tert-OH is 1. The van der Waals surface area contributed by atoms with Crippen LogP contribution in [0, 0.1) is 0 Å². The number of ketones is 2. The Bertz CT molecular complexity index is 351. The van der Waals surface area contributed by atoms with Gasteiger partial charge in [0.15, 0.2) is 11.6 Å². The second kappa shape index (κ2) is 4.75. The Morgan fingerprint density at radius 3 is 2.60 bits per heavy atom. The maximum absolute atomic E-state index is 11.4. The monoisotopic (exact) mass is 212 g/mol. The van der Waals surface area contributed by atoms with Crippen LogP contribution in [0.5, 0.6) is 0 Å². The summed E-state index contributed by atoms with van der Waals surface area (Å²) in [6.07, 6.45) is 1.25. The van der Waals surface area contributed by atoms with Gasteiger partial charge in [-0.05, 0) is 0 Å². The molecule has 0 bridgehead atoms. The molecule has 0 fully saturated rings. The van der Waals surface area contributed by atoms with Crippen LogP contribution < -0.4 is 0 Å². The highest BCUT2D eigenvalue weighted by atomic mass is 16.5. The van der Waals surface area contributed by atoms with Crippen molar-refractivity contribution in [3.63, 3.8) is 0 Å². The van der Waals surface area contributed by atoms with E-state index in [2.05, 4.69) is 0 Å². The maximum atomic E-state index is 11.4. The number of Topliss-reactive ketones (excluding diaryl/α,β-unsaturated/α-hetero) is 1. The zero-order valence-electron chi connectivity index (χ0n) is 8.57. The summed E-state index contributed by atoms with van der Waals surface area (Å²) in [5.74, 6) is -0.341. The molecule has 15 heavy (non-hydrogen) atoms. The number of carbonyl (C=O) groups excluding carboxylic acids is 2. The lowest BCUT2D eigenvalue weighted by molar-refractivity contribution is -0.118. The number of ether oxygens (including phenoxy) is 2. The lowest BCUT2D eigenvalue weighted by atomic mass is 9.98. The van der Waals surface area contributed by atoms with Crippen LogP contribution >= 0.6 is 0 Å². The summed E-state index contributed by atoms with van der Waals surface area (Å²) in [6.45, 7) is -0.642. The third-order valence-electron chi connectivity index (χ3n) is 2.04.